The van der Waals surface area contributed by atoms with E-state index in [-0.39, 0.29) is 34.2 Å². The van der Waals surface area contributed by atoms with E-state index in [0.29, 0.717) is 32.0 Å². The van der Waals surface area contributed by atoms with Crippen LogP contribution in [0.5, 0.6) is 5.75 Å². The van der Waals surface area contributed by atoms with E-state index < -0.39 is 75.2 Å². The van der Waals surface area contributed by atoms with E-state index in [1.807, 2.05) is 6.92 Å². The van der Waals surface area contributed by atoms with Crippen molar-refractivity contribution >= 4 is 0 Å². The molecule has 0 unspecified atom stereocenters. The van der Waals surface area contributed by atoms with Gasteiger partial charge in [-0.2, -0.15) is 8.78 Å². The van der Waals surface area contributed by atoms with Crippen LogP contribution in [0.15, 0.2) is 60.7 Å². The molecule has 0 aliphatic carbocycles. The molecule has 4 aromatic rings. The number of fused-ring (bicyclic) bond motifs is 3. The van der Waals surface area contributed by atoms with E-state index in [4.69, 9.17) is 14.2 Å². The fourth-order valence-corrected chi connectivity index (χ4v) is 5.64. The van der Waals surface area contributed by atoms with E-state index in [1.54, 1.807) is 0 Å². The van der Waals surface area contributed by atoms with Crippen LogP contribution in [0.3, 0.4) is 0 Å². The minimum atomic E-state index is -4.82. The van der Waals surface area contributed by atoms with Gasteiger partial charge in [-0.3, -0.25) is 0 Å². The lowest BCUT2D eigenvalue weighted by Crippen LogP contribution is -2.58. The van der Waals surface area contributed by atoms with Crippen LogP contribution < -0.4 is 4.74 Å². The second-order valence-electron chi connectivity index (χ2n) is 11.2. The SMILES string of the molecule is CCCC12COC(c3ccc(-c4ccc(-c5cc(F)c(C(F)(F)Oc6cc(F)c(F)c(F)c6)c(F)c5)c(F)c4)c(F)c3)(OC1)OC2. The molecule has 3 aliphatic rings. The number of alkyl halides is 2. The van der Waals surface area contributed by atoms with Crippen molar-refractivity contribution in [2.45, 2.75) is 31.8 Å². The van der Waals surface area contributed by atoms with E-state index >= 15 is 8.78 Å². The van der Waals surface area contributed by atoms with Gasteiger partial charge in [0, 0.05) is 34.2 Å². The Hall–Kier alpha value is -4.07. The fraction of sp³-hybridized carbons (Fsp3) is 0.273. The van der Waals surface area contributed by atoms with Crippen LogP contribution in [0.4, 0.5) is 39.5 Å². The molecular formula is C33H23F9O4. The molecule has 0 saturated carbocycles. The molecule has 46 heavy (non-hydrogen) atoms. The highest BCUT2D eigenvalue weighted by Gasteiger charge is 2.53. The lowest BCUT2D eigenvalue weighted by molar-refractivity contribution is -0.480. The Kier molecular flexibility index (Phi) is 8.06. The van der Waals surface area contributed by atoms with Crippen LogP contribution in [0, 0.1) is 46.1 Å². The van der Waals surface area contributed by atoms with Crippen molar-refractivity contribution in [2.24, 2.45) is 5.41 Å². The monoisotopic (exact) mass is 654 g/mol. The Bertz CT molecular complexity index is 1760. The first kappa shape index (κ1) is 31.9. The number of halogens is 9. The predicted octanol–water partition coefficient (Wildman–Crippen LogP) is 9.10. The summed E-state index contributed by atoms with van der Waals surface area (Å²) >= 11 is 0. The summed E-state index contributed by atoms with van der Waals surface area (Å²) in [5.74, 6) is -14.1. The van der Waals surface area contributed by atoms with Crippen LogP contribution in [-0.2, 0) is 26.3 Å². The summed E-state index contributed by atoms with van der Waals surface area (Å²) in [6, 6.07) is 8.18. The molecular weight excluding hydrogens is 631 g/mol. The molecule has 3 heterocycles. The number of hydrogen-bond donors (Lipinski definition) is 0. The Morgan fingerprint density at radius 1 is 0.652 bits per heavy atom. The van der Waals surface area contributed by atoms with Gasteiger partial charge in [0.1, 0.15) is 34.6 Å². The van der Waals surface area contributed by atoms with E-state index in [9.17, 15) is 30.7 Å². The van der Waals surface area contributed by atoms with Gasteiger partial charge in [-0.25, -0.2) is 30.7 Å². The molecule has 2 bridgehead atoms. The zero-order valence-electron chi connectivity index (χ0n) is 23.8. The molecule has 0 amide bonds. The lowest BCUT2D eigenvalue weighted by atomic mass is 9.83. The van der Waals surface area contributed by atoms with Crippen molar-refractivity contribution in [1.29, 1.82) is 0 Å². The summed E-state index contributed by atoms with van der Waals surface area (Å²) in [5.41, 5.74) is -2.83. The summed E-state index contributed by atoms with van der Waals surface area (Å²) in [6.07, 6.45) is -3.07. The highest BCUT2D eigenvalue weighted by Crippen LogP contribution is 2.47. The first-order chi connectivity index (χ1) is 21.8. The van der Waals surface area contributed by atoms with Crippen molar-refractivity contribution < 1.29 is 58.5 Å². The molecule has 242 valence electrons. The topological polar surface area (TPSA) is 36.9 Å². The van der Waals surface area contributed by atoms with Gasteiger partial charge in [-0.05, 0) is 41.8 Å². The zero-order valence-corrected chi connectivity index (χ0v) is 23.8. The van der Waals surface area contributed by atoms with Gasteiger partial charge in [-0.15, -0.1) is 0 Å². The van der Waals surface area contributed by atoms with Crippen molar-refractivity contribution in [1.82, 2.24) is 0 Å². The Morgan fingerprint density at radius 2 is 1.17 bits per heavy atom. The van der Waals surface area contributed by atoms with Gasteiger partial charge >= 0.3 is 12.1 Å². The average Bonchev–Trinajstić information content (AvgIpc) is 3.00. The molecule has 0 spiro atoms. The van der Waals surface area contributed by atoms with Gasteiger partial charge in [0.05, 0.1) is 19.8 Å². The molecule has 7 rings (SSSR count). The summed E-state index contributed by atoms with van der Waals surface area (Å²) in [5, 5.41) is 0. The van der Waals surface area contributed by atoms with Crippen molar-refractivity contribution in [3.8, 4) is 28.0 Å². The Labute approximate surface area is 256 Å². The van der Waals surface area contributed by atoms with Crippen LogP contribution in [-0.4, -0.2) is 19.8 Å². The van der Waals surface area contributed by atoms with E-state index in [0.717, 1.165) is 31.0 Å². The maximum absolute atomic E-state index is 15.3. The smallest absolute Gasteiger partial charge is 0.429 e. The maximum Gasteiger partial charge on any atom is 0.432 e. The third-order valence-electron chi connectivity index (χ3n) is 7.94. The predicted molar refractivity (Wildman–Crippen MR) is 145 cm³/mol. The van der Waals surface area contributed by atoms with Crippen molar-refractivity contribution in [2.75, 3.05) is 19.8 Å². The van der Waals surface area contributed by atoms with Crippen LogP contribution in [0.1, 0.15) is 30.9 Å². The largest absolute Gasteiger partial charge is 0.432 e. The molecule has 4 nitrogen and oxygen atoms in total. The molecule has 0 radical (unpaired) electrons. The average molecular weight is 655 g/mol. The van der Waals surface area contributed by atoms with Gasteiger partial charge in [-0.1, -0.05) is 37.6 Å². The van der Waals surface area contributed by atoms with Gasteiger partial charge in [0.15, 0.2) is 17.5 Å². The quantitative estimate of drug-likeness (QED) is 0.140. The Morgan fingerprint density at radius 3 is 1.72 bits per heavy atom. The first-order valence-electron chi connectivity index (χ1n) is 14.0. The number of hydrogen-bond acceptors (Lipinski definition) is 4. The highest BCUT2D eigenvalue weighted by atomic mass is 19.3. The number of rotatable bonds is 8. The second kappa shape index (κ2) is 11.6. The summed E-state index contributed by atoms with van der Waals surface area (Å²) in [4.78, 5) is 0. The third-order valence-corrected chi connectivity index (χ3v) is 7.94. The van der Waals surface area contributed by atoms with Gasteiger partial charge < -0.3 is 18.9 Å². The second-order valence-corrected chi connectivity index (χ2v) is 11.2. The van der Waals surface area contributed by atoms with Crippen molar-refractivity contribution in [3.63, 3.8) is 0 Å². The number of benzene rings is 4. The molecule has 0 N–H and O–H groups in total. The fourth-order valence-electron chi connectivity index (χ4n) is 5.64. The Balaban J connectivity index is 1.24. The molecule has 3 aliphatic heterocycles. The standard InChI is InChI=1S/C33H23F9O4/c1-2-7-31-14-43-33(44-15-31,45-16-31)19-4-6-21(24(35)11-19)17-3-5-22(23(34)8-17)18-9-25(36)29(26(37)10-18)32(41,42)46-20-12-27(38)30(40)28(39)13-20/h3-6,8-13H,2,7,14-16H2,1H3. The molecule has 3 fully saturated rings. The van der Waals surface area contributed by atoms with Crippen molar-refractivity contribution in [3.05, 3.63) is 113 Å². The zero-order chi connectivity index (χ0) is 33.0. The molecule has 0 aromatic heterocycles. The van der Waals surface area contributed by atoms with Crippen LogP contribution >= 0.6 is 0 Å². The minimum Gasteiger partial charge on any atom is -0.429 e. The lowest BCUT2D eigenvalue weighted by Gasteiger charge is -2.51. The van der Waals surface area contributed by atoms with Gasteiger partial charge in [0.2, 0.25) is 0 Å². The summed E-state index contributed by atoms with van der Waals surface area (Å²) < 4.78 is 151. The summed E-state index contributed by atoms with van der Waals surface area (Å²) in [7, 11) is 0. The normalized spacial score (nSPS) is 21.1. The minimum absolute atomic E-state index is 0.0317. The van der Waals surface area contributed by atoms with Crippen LogP contribution in [0.2, 0.25) is 0 Å². The van der Waals surface area contributed by atoms with Gasteiger partial charge in [0.25, 0.3) is 0 Å². The molecule has 13 heteroatoms. The first-order valence-corrected chi connectivity index (χ1v) is 14.0. The van der Waals surface area contributed by atoms with Crippen LogP contribution in [0.25, 0.3) is 22.3 Å². The molecule has 4 aromatic carbocycles. The summed E-state index contributed by atoms with van der Waals surface area (Å²) in [6.45, 7) is 3.15. The third kappa shape index (κ3) is 5.60. The molecule has 3 saturated heterocycles. The highest BCUT2D eigenvalue weighted by molar-refractivity contribution is 5.72. The van der Waals surface area contributed by atoms with E-state index in [1.165, 1.54) is 18.2 Å². The number of ether oxygens (including phenoxy) is 4. The van der Waals surface area contributed by atoms with E-state index in [2.05, 4.69) is 4.74 Å². The maximum atomic E-state index is 15.3. The molecule has 0 atom stereocenters.